The van der Waals surface area contributed by atoms with Gasteiger partial charge in [0.2, 0.25) is 0 Å². The molecule has 166 valence electrons. The number of halogens is 3. The molecule has 8 nitrogen and oxygen atoms in total. The molecule has 0 aliphatic carbocycles. The fraction of sp³-hybridized carbons (Fsp3) is 0.688. The first-order valence-corrected chi connectivity index (χ1v) is 11.0. The van der Waals surface area contributed by atoms with E-state index in [0.717, 1.165) is 6.54 Å². The normalized spacial score (nSPS) is 25.0. The van der Waals surface area contributed by atoms with Crippen molar-refractivity contribution in [3.8, 4) is 0 Å². The molecule has 0 spiro atoms. The van der Waals surface area contributed by atoms with Crippen LogP contribution >= 0.6 is 11.3 Å². The van der Waals surface area contributed by atoms with Crippen molar-refractivity contribution in [2.45, 2.75) is 22.5 Å². The summed E-state index contributed by atoms with van der Waals surface area (Å²) < 4.78 is 70.7. The van der Waals surface area contributed by atoms with Gasteiger partial charge in [-0.3, -0.25) is 0 Å². The molecule has 0 saturated carbocycles. The van der Waals surface area contributed by atoms with E-state index in [0.29, 0.717) is 30.6 Å². The van der Waals surface area contributed by atoms with Gasteiger partial charge in [-0.1, -0.05) is 6.07 Å². The maximum atomic E-state index is 12.8. The summed E-state index contributed by atoms with van der Waals surface area (Å²) in [7, 11) is 0.544. The van der Waals surface area contributed by atoms with Crippen LogP contribution < -0.4 is 0 Å². The van der Waals surface area contributed by atoms with E-state index < -0.39 is 22.2 Å². The molecule has 0 amide bonds. The summed E-state index contributed by atoms with van der Waals surface area (Å²) in [4.78, 5) is 10.9. The topological polar surface area (TPSA) is 96.4 Å². The number of sulfonamides is 1. The second-order valence-electron chi connectivity index (χ2n) is 6.79. The Morgan fingerprint density at radius 1 is 1.41 bits per heavy atom. The van der Waals surface area contributed by atoms with Gasteiger partial charge in [0.15, 0.2) is 0 Å². The quantitative estimate of drug-likeness (QED) is 0.685. The third-order valence-electron chi connectivity index (χ3n) is 4.47. The lowest BCUT2D eigenvalue weighted by Gasteiger charge is -2.20. The number of fused-ring (bicyclic) bond motifs is 1. The number of thiophene rings is 1. The zero-order valence-electron chi connectivity index (χ0n) is 15.8. The van der Waals surface area contributed by atoms with Gasteiger partial charge in [0.05, 0.1) is 32.0 Å². The average molecular weight is 460 g/mol. The van der Waals surface area contributed by atoms with E-state index in [9.17, 15) is 21.6 Å². The van der Waals surface area contributed by atoms with E-state index in [1.54, 1.807) is 21.8 Å². The van der Waals surface area contributed by atoms with Crippen molar-refractivity contribution < 1.29 is 41.0 Å². The highest BCUT2D eigenvalue weighted by Crippen LogP contribution is 2.36. The Bertz CT molecular complexity index is 770. The molecule has 3 rings (SSSR count). The molecule has 29 heavy (non-hydrogen) atoms. The zero-order chi connectivity index (χ0) is 21.8. The van der Waals surface area contributed by atoms with Crippen LogP contribution in [-0.4, -0.2) is 94.0 Å². The lowest BCUT2D eigenvalue weighted by atomic mass is 10.0. The molecule has 2 aliphatic heterocycles. The molecule has 0 radical (unpaired) electrons. The summed E-state index contributed by atoms with van der Waals surface area (Å²) in [5, 5.41) is 8.91. The van der Waals surface area contributed by atoms with Crippen LogP contribution in [0, 0.1) is 5.92 Å². The second-order valence-corrected chi connectivity index (χ2v) is 9.86. The number of carbonyl (C=O) groups is 1. The summed E-state index contributed by atoms with van der Waals surface area (Å²) in [6, 6.07) is 3.32. The number of likely N-dealkylation sites (N-methyl/N-ethyl adjacent to an activating group) is 1. The minimum atomic E-state index is -5.08. The van der Waals surface area contributed by atoms with Gasteiger partial charge < -0.3 is 19.5 Å². The van der Waals surface area contributed by atoms with Gasteiger partial charge in [-0.15, -0.1) is 11.3 Å². The van der Waals surface area contributed by atoms with E-state index in [4.69, 9.17) is 19.4 Å². The number of nitrogens with zero attached hydrogens (tertiary/aromatic N) is 2. The van der Waals surface area contributed by atoms with E-state index in [1.165, 1.54) is 11.3 Å². The summed E-state index contributed by atoms with van der Waals surface area (Å²) in [5.74, 6) is -2.62. The number of hydrogen-bond donors (Lipinski definition) is 1. The van der Waals surface area contributed by atoms with Crippen molar-refractivity contribution in [1.29, 1.82) is 0 Å². The monoisotopic (exact) mass is 460 g/mol. The predicted octanol–water partition coefficient (Wildman–Crippen LogP) is 1.35. The number of hydrogen-bond acceptors (Lipinski definition) is 7. The van der Waals surface area contributed by atoms with Crippen LogP contribution in [0.2, 0.25) is 0 Å². The third-order valence-corrected chi connectivity index (χ3v) is 7.74. The first kappa shape index (κ1) is 24.0. The van der Waals surface area contributed by atoms with Crippen LogP contribution in [0.15, 0.2) is 21.7 Å². The fourth-order valence-electron chi connectivity index (χ4n) is 3.02. The first-order chi connectivity index (χ1) is 13.4. The smallest absolute Gasteiger partial charge is 0.475 e. The Labute approximate surface area is 170 Å². The van der Waals surface area contributed by atoms with Crippen molar-refractivity contribution in [3.05, 3.63) is 17.5 Å². The van der Waals surface area contributed by atoms with Crippen LogP contribution in [0.4, 0.5) is 13.2 Å². The Morgan fingerprint density at radius 2 is 2.07 bits per heavy atom. The van der Waals surface area contributed by atoms with Crippen LogP contribution in [0.5, 0.6) is 0 Å². The maximum absolute atomic E-state index is 12.8. The van der Waals surface area contributed by atoms with E-state index in [2.05, 4.69) is 4.90 Å². The van der Waals surface area contributed by atoms with Gasteiger partial charge in [-0.05, 0) is 25.5 Å². The molecule has 13 heteroatoms. The molecule has 3 atom stereocenters. The summed E-state index contributed by atoms with van der Waals surface area (Å²) in [6.07, 6.45) is -5.16. The van der Waals surface area contributed by atoms with Crippen LogP contribution in [0.3, 0.4) is 0 Å². The van der Waals surface area contributed by atoms with Crippen LogP contribution in [-0.2, 0) is 24.3 Å². The molecule has 0 bridgehead atoms. The lowest BCUT2D eigenvalue weighted by Crippen LogP contribution is -2.37. The molecule has 0 aromatic carbocycles. The Hall–Kier alpha value is -1.25. The minimum absolute atomic E-state index is 0.0813. The Balaban J connectivity index is 0.000000370. The standard InChI is InChI=1S/C14H22N2O4S2.C2HF3O2/c1-15(2)5-6-20-13-8-16(12-10-19-9-11(12)13)22(17,18)14-4-3-7-21-14;3-2(4,5)1(6)7/h3-4,7,11-13H,5-6,8-10H2,1-2H3;(H,6,7)/t11-,12+,13-;/m0./s1. The largest absolute Gasteiger partial charge is 0.490 e. The van der Waals surface area contributed by atoms with Gasteiger partial charge in [0, 0.05) is 19.0 Å². The van der Waals surface area contributed by atoms with Gasteiger partial charge in [-0.2, -0.15) is 17.5 Å². The number of aliphatic carboxylic acids is 1. The Morgan fingerprint density at radius 3 is 2.59 bits per heavy atom. The van der Waals surface area contributed by atoms with Crippen molar-refractivity contribution in [3.63, 3.8) is 0 Å². The van der Waals surface area contributed by atoms with Crippen molar-refractivity contribution in [1.82, 2.24) is 9.21 Å². The number of carboxylic acid groups (broad SMARTS) is 1. The maximum Gasteiger partial charge on any atom is 0.490 e. The lowest BCUT2D eigenvalue weighted by molar-refractivity contribution is -0.192. The zero-order valence-corrected chi connectivity index (χ0v) is 17.5. The highest BCUT2D eigenvalue weighted by atomic mass is 32.2. The first-order valence-electron chi connectivity index (χ1n) is 8.64. The van der Waals surface area contributed by atoms with Crippen molar-refractivity contribution in [2.24, 2.45) is 5.92 Å². The molecular formula is C16H23F3N2O6S2. The molecule has 2 fully saturated rings. The molecule has 1 N–H and O–H groups in total. The average Bonchev–Trinajstić information content (AvgIpc) is 3.33. The molecule has 1 aromatic heterocycles. The summed E-state index contributed by atoms with van der Waals surface area (Å²) in [5.41, 5.74) is 0. The SMILES string of the molecule is CN(C)CCO[C@H]1CN(S(=O)(=O)c2cccs2)[C@@H]2COC[C@H]12.O=C(O)C(F)(F)F. The molecule has 1 aromatic rings. The molecular weight excluding hydrogens is 437 g/mol. The minimum Gasteiger partial charge on any atom is -0.475 e. The number of ether oxygens (including phenoxy) is 2. The van der Waals surface area contributed by atoms with Gasteiger partial charge in [0.25, 0.3) is 10.0 Å². The fourth-order valence-corrected chi connectivity index (χ4v) is 5.81. The Kier molecular flexibility index (Phi) is 8.04. The van der Waals surface area contributed by atoms with Gasteiger partial charge >= 0.3 is 12.1 Å². The number of carboxylic acids is 1. The number of alkyl halides is 3. The van der Waals surface area contributed by atoms with Crippen molar-refractivity contribution in [2.75, 3.05) is 47.0 Å². The second kappa shape index (κ2) is 9.71. The van der Waals surface area contributed by atoms with Gasteiger partial charge in [0.1, 0.15) is 4.21 Å². The highest BCUT2D eigenvalue weighted by Gasteiger charge is 2.51. The molecule has 0 unspecified atom stereocenters. The highest BCUT2D eigenvalue weighted by molar-refractivity contribution is 7.91. The van der Waals surface area contributed by atoms with Crippen molar-refractivity contribution >= 4 is 27.3 Å². The van der Waals surface area contributed by atoms with Gasteiger partial charge in [-0.25, -0.2) is 13.2 Å². The van der Waals surface area contributed by atoms with Crippen LogP contribution in [0.1, 0.15) is 0 Å². The van der Waals surface area contributed by atoms with E-state index in [1.807, 2.05) is 14.1 Å². The summed E-state index contributed by atoms with van der Waals surface area (Å²) >= 11 is 1.26. The third kappa shape index (κ3) is 6.12. The summed E-state index contributed by atoms with van der Waals surface area (Å²) in [6.45, 7) is 2.89. The molecule has 3 heterocycles. The van der Waals surface area contributed by atoms with E-state index in [-0.39, 0.29) is 18.1 Å². The van der Waals surface area contributed by atoms with E-state index >= 15 is 0 Å². The van der Waals surface area contributed by atoms with Crippen LogP contribution in [0.25, 0.3) is 0 Å². The number of rotatable bonds is 6. The molecule has 2 saturated heterocycles. The predicted molar refractivity (Wildman–Crippen MR) is 98.3 cm³/mol. The molecule has 2 aliphatic rings.